The highest BCUT2D eigenvalue weighted by Gasteiger charge is 2.43. The molecule has 1 aliphatic rings. The van der Waals surface area contributed by atoms with Gasteiger partial charge in [-0.1, -0.05) is 0 Å². The van der Waals surface area contributed by atoms with Crippen LogP contribution < -0.4 is 4.74 Å². The Kier molecular flexibility index (Phi) is 4.79. The fraction of sp³-hybridized carbons (Fsp3) is 0.417. The Morgan fingerprint density at radius 2 is 1.82 bits per heavy atom. The van der Waals surface area contributed by atoms with E-state index in [1.165, 1.54) is 3.57 Å². The van der Waals surface area contributed by atoms with Gasteiger partial charge in [0.05, 0.1) is 19.8 Å². The summed E-state index contributed by atoms with van der Waals surface area (Å²) in [6.45, 7) is 0.674. The van der Waals surface area contributed by atoms with Gasteiger partial charge in [-0.25, -0.2) is 0 Å². The van der Waals surface area contributed by atoms with Crippen LogP contribution in [-0.2, 0) is 0 Å². The first kappa shape index (κ1) is 14.1. The Bertz CT molecular complexity index is 454. The molecular weight excluding hydrogens is 555 g/mol. The third kappa shape index (κ3) is 3.59. The predicted octanol–water partition coefficient (Wildman–Crippen LogP) is 4.57. The van der Waals surface area contributed by atoms with Crippen LogP contribution in [0.5, 0.6) is 5.75 Å². The Balaban J connectivity index is 2.07. The molecule has 1 aromatic rings. The summed E-state index contributed by atoms with van der Waals surface area (Å²) in [6, 6.07) is 6.49. The van der Waals surface area contributed by atoms with E-state index >= 15 is 0 Å². The number of ether oxygens (including phenoxy) is 1. The van der Waals surface area contributed by atoms with Crippen LogP contribution in [0.15, 0.2) is 12.1 Å². The molecule has 1 saturated carbocycles. The fourth-order valence-corrected chi connectivity index (χ4v) is 5.50. The van der Waals surface area contributed by atoms with Crippen molar-refractivity contribution in [1.29, 1.82) is 5.26 Å². The molecule has 0 bridgehead atoms. The van der Waals surface area contributed by atoms with Gasteiger partial charge >= 0.3 is 0 Å². The molecule has 0 radical (unpaired) electrons. The third-order valence-electron chi connectivity index (χ3n) is 2.90. The third-order valence-corrected chi connectivity index (χ3v) is 5.12. The molecule has 0 atom stereocenters. The van der Waals surface area contributed by atoms with Crippen molar-refractivity contribution in [2.24, 2.45) is 5.41 Å². The van der Waals surface area contributed by atoms with E-state index in [2.05, 4.69) is 86.0 Å². The van der Waals surface area contributed by atoms with Gasteiger partial charge in [-0.3, -0.25) is 0 Å². The molecule has 0 aliphatic heterocycles. The summed E-state index contributed by atoms with van der Waals surface area (Å²) in [4.78, 5) is 0. The molecule has 1 fully saturated rings. The minimum absolute atomic E-state index is 0.143. The lowest BCUT2D eigenvalue weighted by Gasteiger charge is -2.15. The number of halogens is 3. The van der Waals surface area contributed by atoms with Gasteiger partial charge in [0.1, 0.15) is 5.75 Å². The first-order valence-corrected chi connectivity index (χ1v) is 8.44. The molecule has 0 spiro atoms. The molecule has 0 saturated heterocycles. The average molecular weight is 565 g/mol. The van der Waals surface area contributed by atoms with Crippen molar-refractivity contribution in [2.75, 3.05) is 6.61 Å². The monoisotopic (exact) mass is 565 g/mol. The average Bonchev–Trinajstić information content (AvgIpc) is 2.97. The zero-order valence-corrected chi connectivity index (χ0v) is 15.4. The van der Waals surface area contributed by atoms with Gasteiger partial charge in [-0.2, -0.15) is 5.26 Å². The van der Waals surface area contributed by atoms with Crippen LogP contribution in [0.4, 0.5) is 0 Å². The Hall–Kier alpha value is 0.700. The number of hydrogen-bond donors (Lipinski definition) is 0. The van der Waals surface area contributed by atoms with E-state index in [1.807, 2.05) is 0 Å². The van der Waals surface area contributed by atoms with Crippen molar-refractivity contribution in [3.05, 3.63) is 22.8 Å². The first-order valence-electron chi connectivity index (χ1n) is 5.21. The number of nitrogens with zero attached hydrogens (tertiary/aromatic N) is 1. The molecule has 0 N–H and O–H groups in total. The summed E-state index contributed by atoms with van der Waals surface area (Å²) in [6.07, 6.45) is 2.86. The summed E-state index contributed by atoms with van der Waals surface area (Å²) in [7, 11) is 0. The van der Waals surface area contributed by atoms with Gasteiger partial charge in [0.15, 0.2) is 0 Å². The largest absolute Gasteiger partial charge is 0.491 e. The summed E-state index contributed by atoms with van der Waals surface area (Å²) in [5.74, 6) is 0.968. The molecule has 2 rings (SSSR count). The second-order valence-corrected chi connectivity index (χ2v) is 7.89. The van der Waals surface area contributed by atoms with Crippen LogP contribution in [0.25, 0.3) is 0 Å². The van der Waals surface area contributed by atoms with E-state index in [4.69, 9.17) is 10.00 Å². The second-order valence-electron chi connectivity index (χ2n) is 4.32. The van der Waals surface area contributed by atoms with Crippen molar-refractivity contribution >= 4 is 67.8 Å². The summed E-state index contributed by atoms with van der Waals surface area (Å²) < 4.78 is 9.45. The lowest BCUT2D eigenvalue weighted by Crippen LogP contribution is -2.13. The molecule has 0 unspecified atom stereocenters. The van der Waals surface area contributed by atoms with Crippen LogP contribution in [-0.4, -0.2) is 6.61 Å². The van der Waals surface area contributed by atoms with Gasteiger partial charge in [-0.15, -0.1) is 0 Å². The lowest BCUT2D eigenvalue weighted by molar-refractivity contribution is 0.234. The van der Waals surface area contributed by atoms with E-state index in [1.54, 1.807) is 0 Å². The predicted molar refractivity (Wildman–Crippen MR) is 92.0 cm³/mol. The van der Waals surface area contributed by atoms with Crippen LogP contribution in [0.3, 0.4) is 0 Å². The summed E-state index contributed by atoms with van der Waals surface area (Å²) in [5, 5.41) is 8.78. The maximum atomic E-state index is 8.78. The molecule has 1 aromatic carbocycles. The molecule has 0 heterocycles. The zero-order valence-electron chi connectivity index (χ0n) is 8.97. The van der Waals surface area contributed by atoms with E-state index in [9.17, 15) is 0 Å². The lowest BCUT2D eigenvalue weighted by atomic mass is 10.1. The van der Waals surface area contributed by atoms with Crippen LogP contribution in [0.2, 0.25) is 0 Å². The van der Waals surface area contributed by atoms with Gasteiger partial charge in [0.25, 0.3) is 0 Å². The molecule has 5 heteroatoms. The minimum atomic E-state index is 0.143. The molecule has 1 aliphatic carbocycles. The summed E-state index contributed by atoms with van der Waals surface area (Å²) >= 11 is 6.92. The van der Waals surface area contributed by atoms with E-state index in [0.29, 0.717) is 13.0 Å². The zero-order chi connectivity index (χ0) is 12.5. The molecular formula is C12H10I3NO. The fourth-order valence-electron chi connectivity index (χ4n) is 1.61. The second kappa shape index (κ2) is 5.77. The Morgan fingerprint density at radius 3 is 2.29 bits per heavy atom. The molecule has 2 nitrogen and oxygen atoms in total. The highest BCUT2D eigenvalue weighted by molar-refractivity contribution is 14.1. The van der Waals surface area contributed by atoms with Crippen molar-refractivity contribution in [1.82, 2.24) is 0 Å². The van der Waals surface area contributed by atoms with Crippen molar-refractivity contribution in [3.63, 3.8) is 0 Å². The topological polar surface area (TPSA) is 33.0 Å². The highest BCUT2D eigenvalue weighted by Crippen LogP contribution is 2.49. The Labute approximate surface area is 142 Å². The smallest absolute Gasteiger partial charge is 0.146 e. The first-order chi connectivity index (χ1) is 8.06. The van der Waals surface area contributed by atoms with Gasteiger partial charge in [0.2, 0.25) is 0 Å². The number of rotatable bonds is 4. The van der Waals surface area contributed by atoms with Crippen molar-refractivity contribution in [2.45, 2.75) is 19.3 Å². The summed E-state index contributed by atoms with van der Waals surface area (Å²) in [5.41, 5.74) is 0.143. The molecule has 17 heavy (non-hydrogen) atoms. The van der Waals surface area contributed by atoms with E-state index in [-0.39, 0.29) is 5.41 Å². The SMILES string of the molecule is N#CCC1(COc2c(I)cc(I)cc2I)CC1. The van der Waals surface area contributed by atoms with Crippen LogP contribution in [0, 0.1) is 27.5 Å². The minimum Gasteiger partial charge on any atom is -0.491 e. The maximum Gasteiger partial charge on any atom is 0.146 e. The normalized spacial score (nSPS) is 16.4. The van der Waals surface area contributed by atoms with Gasteiger partial charge in [-0.05, 0) is 92.7 Å². The maximum absolute atomic E-state index is 8.78. The van der Waals surface area contributed by atoms with Crippen molar-refractivity contribution < 1.29 is 4.74 Å². The van der Waals surface area contributed by atoms with Crippen LogP contribution >= 0.6 is 67.8 Å². The number of benzene rings is 1. The number of hydrogen-bond acceptors (Lipinski definition) is 2. The van der Waals surface area contributed by atoms with E-state index in [0.717, 1.165) is 25.7 Å². The highest BCUT2D eigenvalue weighted by atomic mass is 127. The Morgan fingerprint density at radius 1 is 1.24 bits per heavy atom. The van der Waals surface area contributed by atoms with Crippen LogP contribution in [0.1, 0.15) is 19.3 Å². The van der Waals surface area contributed by atoms with Gasteiger partial charge < -0.3 is 4.74 Å². The molecule has 0 amide bonds. The standard InChI is InChI=1S/C12H10I3NO/c13-8-5-9(14)11(10(15)6-8)17-7-12(1-2-12)3-4-16/h5-6H,1-3,7H2. The van der Waals surface area contributed by atoms with Crippen molar-refractivity contribution in [3.8, 4) is 11.8 Å². The van der Waals surface area contributed by atoms with E-state index < -0.39 is 0 Å². The molecule has 90 valence electrons. The van der Waals surface area contributed by atoms with Gasteiger partial charge in [0, 0.05) is 15.4 Å². The number of nitriles is 1. The molecule has 0 aromatic heterocycles. The quantitative estimate of drug-likeness (QED) is 0.502.